The number of aliphatic carboxylic acids is 1. The highest BCUT2D eigenvalue weighted by atomic mass is 16.5. The van der Waals surface area contributed by atoms with Crippen molar-refractivity contribution >= 4 is 11.9 Å². The summed E-state index contributed by atoms with van der Waals surface area (Å²) >= 11 is 0. The van der Waals surface area contributed by atoms with Gasteiger partial charge in [0.15, 0.2) is 0 Å². The van der Waals surface area contributed by atoms with E-state index in [4.69, 9.17) is 9.63 Å². The van der Waals surface area contributed by atoms with Crippen LogP contribution in [-0.4, -0.2) is 27.7 Å². The molecule has 2 rings (SSSR count). The van der Waals surface area contributed by atoms with Crippen LogP contribution in [0.2, 0.25) is 0 Å². The maximum absolute atomic E-state index is 11.6. The maximum atomic E-state index is 11.6. The second kappa shape index (κ2) is 3.08. The van der Waals surface area contributed by atoms with E-state index in [2.05, 4.69) is 10.5 Å². The van der Waals surface area contributed by atoms with E-state index < -0.39 is 17.4 Å². The fourth-order valence-electron chi connectivity index (χ4n) is 1.30. The Bertz CT molecular complexity index is 420. The lowest BCUT2D eigenvalue weighted by molar-refractivity contribution is -0.140. The third-order valence-corrected chi connectivity index (χ3v) is 2.47. The zero-order chi connectivity index (χ0) is 11.1. The Balaban J connectivity index is 2.11. The van der Waals surface area contributed by atoms with Crippen molar-refractivity contribution in [1.29, 1.82) is 0 Å². The number of aromatic nitrogens is 1. The lowest BCUT2D eigenvalue weighted by atomic mass is 10.2. The van der Waals surface area contributed by atoms with Crippen LogP contribution >= 0.6 is 0 Å². The topological polar surface area (TPSA) is 92.4 Å². The summed E-state index contributed by atoms with van der Waals surface area (Å²) in [6.07, 6.45) is 2.33. The van der Waals surface area contributed by atoms with Crippen LogP contribution in [0, 0.1) is 6.92 Å². The van der Waals surface area contributed by atoms with Gasteiger partial charge >= 0.3 is 5.97 Å². The minimum Gasteiger partial charge on any atom is -0.480 e. The first-order chi connectivity index (χ1) is 7.05. The first-order valence-electron chi connectivity index (χ1n) is 4.52. The van der Waals surface area contributed by atoms with Gasteiger partial charge in [-0.05, 0) is 19.8 Å². The van der Waals surface area contributed by atoms with Crippen molar-refractivity contribution < 1.29 is 19.2 Å². The van der Waals surface area contributed by atoms with Gasteiger partial charge in [0, 0.05) is 5.56 Å². The van der Waals surface area contributed by atoms with Crippen molar-refractivity contribution in [2.75, 3.05) is 0 Å². The monoisotopic (exact) mass is 210 g/mol. The quantitative estimate of drug-likeness (QED) is 0.749. The third-order valence-electron chi connectivity index (χ3n) is 2.47. The minimum absolute atomic E-state index is 0.0718. The number of carboxylic acid groups (broad SMARTS) is 1. The summed E-state index contributed by atoms with van der Waals surface area (Å²) < 4.78 is 4.72. The Kier molecular flexibility index (Phi) is 1.99. The second-order valence-electron chi connectivity index (χ2n) is 3.68. The number of nitrogens with zero attached hydrogens (tertiary/aromatic N) is 1. The number of hydrogen-bond acceptors (Lipinski definition) is 4. The van der Waals surface area contributed by atoms with Gasteiger partial charge < -0.3 is 14.9 Å². The second-order valence-corrected chi connectivity index (χ2v) is 3.68. The molecule has 1 aromatic rings. The molecule has 6 nitrogen and oxygen atoms in total. The Morgan fingerprint density at radius 3 is 2.67 bits per heavy atom. The van der Waals surface area contributed by atoms with E-state index in [-0.39, 0.29) is 5.76 Å². The fourth-order valence-corrected chi connectivity index (χ4v) is 1.30. The van der Waals surface area contributed by atoms with Gasteiger partial charge in [-0.15, -0.1) is 0 Å². The first kappa shape index (κ1) is 9.70. The number of amides is 1. The van der Waals surface area contributed by atoms with Crippen molar-refractivity contribution in [2.24, 2.45) is 0 Å². The molecular formula is C9H10N2O4. The van der Waals surface area contributed by atoms with Crippen molar-refractivity contribution in [2.45, 2.75) is 25.3 Å². The van der Waals surface area contributed by atoms with E-state index in [0.717, 1.165) is 0 Å². The molecular weight excluding hydrogens is 200 g/mol. The average Bonchev–Trinajstić information content (AvgIpc) is 2.82. The van der Waals surface area contributed by atoms with Gasteiger partial charge in [0.2, 0.25) is 5.76 Å². The summed E-state index contributed by atoms with van der Waals surface area (Å²) in [6, 6.07) is 0. The van der Waals surface area contributed by atoms with Gasteiger partial charge in [0.25, 0.3) is 5.91 Å². The van der Waals surface area contributed by atoms with Gasteiger partial charge in [-0.3, -0.25) is 4.79 Å². The average molecular weight is 210 g/mol. The summed E-state index contributed by atoms with van der Waals surface area (Å²) in [6.45, 7) is 1.67. The predicted octanol–water partition coefficient (Wildman–Crippen LogP) is 0.330. The van der Waals surface area contributed by atoms with Crippen LogP contribution in [0.4, 0.5) is 0 Å². The number of nitrogens with one attached hydrogen (secondary N) is 1. The molecule has 1 heterocycles. The van der Waals surface area contributed by atoms with Crippen LogP contribution < -0.4 is 5.32 Å². The van der Waals surface area contributed by atoms with Crippen LogP contribution in [0.25, 0.3) is 0 Å². The molecule has 1 amide bonds. The highest BCUT2D eigenvalue weighted by molar-refractivity contribution is 5.97. The third kappa shape index (κ3) is 1.58. The molecule has 15 heavy (non-hydrogen) atoms. The van der Waals surface area contributed by atoms with E-state index >= 15 is 0 Å². The van der Waals surface area contributed by atoms with Crippen LogP contribution in [0.1, 0.15) is 29.0 Å². The number of carbonyl (C=O) groups excluding carboxylic acids is 1. The Labute approximate surface area is 85.2 Å². The summed E-state index contributed by atoms with van der Waals surface area (Å²) in [5.74, 6) is -1.46. The van der Waals surface area contributed by atoms with Gasteiger partial charge in [0.05, 0.1) is 6.20 Å². The molecule has 0 aliphatic heterocycles. The van der Waals surface area contributed by atoms with E-state index in [1.165, 1.54) is 6.20 Å². The van der Waals surface area contributed by atoms with Gasteiger partial charge in [-0.25, -0.2) is 4.79 Å². The molecule has 80 valence electrons. The van der Waals surface area contributed by atoms with E-state index in [1.807, 2.05) is 0 Å². The summed E-state index contributed by atoms with van der Waals surface area (Å²) in [7, 11) is 0. The molecule has 0 bridgehead atoms. The Hall–Kier alpha value is -1.85. The zero-order valence-corrected chi connectivity index (χ0v) is 8.11. The molecule has 1 aliphatic rings. The SMILES string of the molecule is Cc1cnoc1C(=O)NC1(C(=O)O)CC1. The fraction of sp³-hybridized carbons (Fsp3) is 0.444. The predicted molar refractivity (Wildman–Crippen MR) is 48.3 cm³/mol. The number of aryl methyl sites for hydroxylation is 1. The molecule has 0 radical (unpaired) electrons. The van der Waals surface area contributed by atoms with E-state index in [9.17, 15) is 9.59 Å². The van der Waals surface area contributed by atoms with Crippen molar-refractivity contribution in [1.82, 2.24) is 10.5 Å². The normalized spacial score (nSPS) is 17.1. The van der Waals surface area contributed by atoms with Gasteiger partial charge in [0.1, 0.15) is 5.54 Å². The summed E-state index contributed by atoms with van der Waals surface area (Å²) in [4.78, 5) is 22.4. The smallest absolute Gasteiger partial charge is 0.329 e. The zero-order valence-electron chi connectivity index (χ0n) is 8.11. The molecule has 0 unspecified atom stereocenters. The van der Waals surface area contributed by atoms with Crippen LogP contribution in [0.15, 0.2) is 10.7 Å². The van der Waals surface area contributed by atoms with Crippen molar-refractivity contribution in [3.8, 4) is 0 Å². The number of rotatable bonds is 3. The molecule has 1 saturated carbocycles. The molecule has 0 spiro atoms. The largest absolute Gasteiger partial charge is 0.480 e. The first-order valence-corrected chi connectivity index (χ1v) is 4.52. The molecule has 1 aliphatic carbocycles. The minimum atomic E-state index is -1.09. The lowest BCUT2D eigenvalue weighted by Crippen LogP contribution is -2.43. The van der Waals surface area contributed by atoms with Crippen LogP contribution in [-0.2, 0) is 4.79 Å². The molecule has 0 atom stereocenters. The Morgan fingerprint density at radius 2 is 2.27 bits per heavy atom. The standard InChI is InChI=1S/C9H10N2O4/c1-5-4-10-15-6(5)7(12)11-9(2-3-9)8(13)14/h4H,2-3H2,1H3,(H,11,12)(H,13,14). The maximum Gasteiger partial charge on any atom is 0.329 e. The van der Waals surface area contributed by atoms with Crippen molar-refractivity contribution in [3.63, 3.8) is 0 Å². The molecule has 0 aromatic carbocycles. The van der Waals surface area contributed by atoms with Crippen molar-refractivity contribution in [3.05, 3.63) is 17.5 Å². The van der Waals surface area contributed by atoms with E-state index in [1.54, 1.807) is 6.92 Å². The molecule has 6 heteroatoms. The lowest BCUT2D eigenvalue weighted by Gasteiger charge is -2.10. The number of hydrogen-bond donors (Lipinski definition) is 2. The Morgan fingerprint density at radius 1 is 1.60 bits per heavy atom. The number of carbonyl (C=O) groups is 2. The molecule has 1 fully saturated rings. The van der Waals surface area contributed by atoms with Gasteiger partial charge in [-0.2, -0.15) is 0 Å². The van der Waals surface area contributed by atoms with Gasteiger partial charge in [-0.1, -0.05) is 5.16 Å². The van der Waals surface area contributed by atoms with Crippen LogP contribution in [0.5, 0.6) is 0 Å². The summed E-state index contributed by atoms with van der Waals surface area (Å²) in [5.41, 5.74) is -0.496. The van der Waals surface area contributed by atoms with Crippen LogP contribution in [0.3, 0.4) is 0 Å². The van der Waals surface area contributed by atoms with E-state index in [0.29, 0.717) is 18.4 Å². The highest BCUT2D eigenvalue weighted by Gasteiger charge is 2.52. The summed E-state index contributed by atoms with van der Waals surface area (Å²) in [5, 5.41) is 14.8. The molecule has 0 saturated heterocycles. The molecule has 1 aromatic heterocycles. The highest BCUT2D eigenvalue weighted by Crippen LogP contribution is 2.35. The number of carboxylic acids is 1. The molecule has 2 N–H and O–H groups in total.